The van der Waals surface area contributed by atoms with E-state index in [1.807, 2.05) is 54.9 Å². The number of carbonyl (C=O) groups is 1. The minimum Gasteiger partial charge on any atom is -0.361 e. The zero-order valence-corrected chi connectivity index (χ0v) is 16.9. The number of carbonyl (C=O) groups excluding carboxylic acids is 1. The van der Waals surface area contributed by atoms with Gasteiger partial charge >= 0.3 is 0 Å². The Kier molecular flexibility index (Phi) is 5.25. The summed E-state index contributed by atoms with van der Waals surface area (Å²) < 4.78 is 6.92. The number of nitrogens with zero attached hydrogens (tertiary/aromatic N) is 5. The lowest BCUT2D eigenvalue weighted by atomic mass is 10.1. The zero-order valence-electron chi connectivity index (χ0n) is 16.9. The van der Waals surface area contributed by atoms with E-state index in [4.69, 9.17) is 4.52 Å². The maximum Gasteiger partial charge on any atom is 0.228 e. The summed E-state index contributed by atoms with van der Waals surface area (Å²) >= 11 is 0. The van der Waals surface area contributed by atoms with Crippen molar-refractivity contribution in [3.63, 3.8) is 0 Å². The molecule has 0 radical (unpaired) electrons. The lowest BCUT2D eigenvalue weighted by Gasteiger charge is -2.10. The van der Waals surface area contributed by atoms with Crippen molar-refractivity contribution >= 4 is 23.1 Å². The second-order valence-corrected chi connectivity index (χ2v) is 6.86. The van der Waals surface area contributed by atoms with Crippen LogP contribution in [0.25, 0.3) is 5.82 Å². The second kappa shape index (κ2) is 8.16. The highest BCUT2D eigenvalue weighted by Crippen LogP contribution is 2.20. The Hall–Kier alpha value is -4.01. The topological polar surface area (TPSA) is 111 Å². The fraction of sp³-hybridized carbons (Fsp3) is 0.190. The van der Waals surface area contributed by atoms with Crippen molar-refractivity contribution in [1.82, 2.24) is 24.7 Å². The van der Waals surface area contributed by atoms with E-state index in [0.29, 0.717) is 23.1 Å². The molecule has 4 aromatic rings. The third kappa shape index (κ3) is 4.35. The summed E-state index contributed by atoms with van der Waals surface area (Å²) in [5.74, 6) is 2.58. The van der Waals surface area contributed by atoms with Crippen molar-refractivity contribution in [2.75, 3.05) is 10.6 Å². The fourth-order valence-electron chi connectivity index (χ4n) is 3.05. The van der Waals surface area contributed by atoms with Crippen molar-refractivity contribution < 1.29 is 9.32 Å². The highest BCUT2D eigenvalue weighted by Gasteiger charge is 2.13. The molecule has 2 N–H and O–H groups in total. The summed E-state index contributed by atoms with van der Waals surface area (Å²) in [6.45, 7) is 5.46. The lowest BCUT2D eigenvalue weighted by molar-refractivity contribution is -0.115. The summed E-state index contributed by atoms with van der Waals surface area (Å²) in [6, 6.07) is 9.25. The summed E-state index contributed by atoms with van der Waals surface area (Å²) in [4.78, 5) is 25.2. The summed E-state index contributed by atoms with van der Waals surface area (Å²) in [5, 5.41) is 10.0. The first kappa shape index (κ1) is 19.3. The van der Waals surface area contributed by atoms with Gasteiger partial charge in [-0.3, -0.25) is 9.36 Å². The molecular formula is C21H21N7O2. The predicted molar refractivity (Wildman–Crippen MR) is 112 cm³/mol. The Morgan fingerprint density at radius 1 is 1.10 bits per heavy atom. The molecule has 0 bridgehead atoms. The van der Waals surface area contributed by atoms with Gasteiger partial charge in [0.15, 0.2) is 0 Å². The van der Waals surface area contributed by atoms with Gasteiger partial charge in [0.1, 0.15) is 29.5 Å². The molecule has 0 atom stereocenters. The van der Waals surface area contributed by atoms with E-state index < -0.39 is 0 Å². The summed E-state index contributed by atoms with van der Waals surface area (Å²) in [5.41, 5.74) is 3.10. The molecule has 0 aliphatic rings. The Balaban J connectivity index is 1.42. The van der Waals surface area contributed by atoms with Gasteiger partial charge in [0.05, 0.1) is 12.1 Å². The van der Waals surface area contributed by atoms with Crippen LogP contribution in [0.4, 0.5) is 17.2 Å². The molecule has 1 aromatic carbocycles. The van der Waals surface area contributed by atoms with Crippen LogP contribution in [0.15, 0.2) is 53.6 Å². The van der Waals surface area contributed by atoms with Crippen LogP contribution in [0.1, 0.15) is 22.8 Å². The number of anilines is 3. The molecule has 0 unspecified atom stereocenters. The highest BCUT2D eigenvalue weighted by molar-refractivity contribution is 5.92. The van der Waals surface area contributed by atoms with Gasteiger partial charge in [0.2, 0.25) is 5.91 Å². The van der Waals surface area contributed by atoms with Crippen LogP contribution < -0.4 is 10.6 Å². The first-order valence-electron chi connectivity index (χ1n) is 9.40. The van der Waals surface area contributed by atoms with E-state index in [0.717, 1.165) is 22.8 Å². The van der Waals surface area contributed by atoms with E-state index in [1.54, 1.807) is 19.4 Å². The molecule has 3 aromatic heterocycles. The molecule has 0 aliphatic carbocycles. The number of amides is 1. The Morgan fingerprint density at radius 3 is 2.53 bits per heavy atom. The number of aromatic nitrogens is 5. The van der Waals surface area contributed by atoms with Gasteiger partial charge in [-0.1, -0.05) is 5.16 Å². The van der Waals surface area contributed by atoms with Crippen LogP contribution in [0.2, 0.25) is 0 Å². The van der Waals surface area contributed by atoms with Crippen molar-refractivity contribution in [1.29, 1.82) is 0 Å². The molecular weight excluding hydrogens is 382 g/mol. The van der Waals surface area contributed by atoms with E-state index in [-0.39, 0.29) is 12.3 Å². The number of aryl methyl sites for hydroxylation is 3. The minimum atomic E-state index is -0.124. The molecule has 0 fully saturated rings. The third-order valence-electron chi connectivity index (χ3n) is 4.55. The van der Waals surface area contributed by atoms with Crippen LogP contribution in [0.5, 0.6) is 0 Å². The number of hydrogen-bond donors (Lipinski definition) is 2. The SMILES string of the molecule is Cc1nc(Nc2ccc(NC(=O)Cc3c(C)noc3C)cc2)cc(-n2ccnc2)n1. The van der Waals surface area contributed by atoms with Crippen molar-refractivity contribution in [2.45, 2.75) is 27.2 Å². The largest absolute Gasteiger partial charge is 0.361 e. The summed E-state index contributed by atoms with van der Waals surface area (Å²) in [6.07, 6.45) is 5.43. The van der Waals surface area contributed by atoms with Crippen molar-refractivity contribution in [2.24, 2.45) is 0 Å². The van der Waals surface area contributed by atoms with E-state index in [1.165, 1.54) is 0 Å². The van der Waals surface area contributed by atoms with Gasteiger partial charge in [0.25, 0.3) is 0 Å². The van der Waals surface area contributed by atoms with Crippen molar-refractivity contribution in [3.8, 4) is 5.82 Å². The van der Waals surface area contributed by atoms with Crippen LogP contribution in [-0.2, 0) is 11.2 Å². The maximum atomic E-state index is 12.3. The number of rotatable bonds is 6. The van der Waals surface area contributed by atoms with E-state index in [2.05, 4.69) is 30.7 Å². The molecule has 9 nitrogen and oxygen atoms in total. The average molecular weight is 403 g/mol. The molecule has 3 heterocycles. The number of hydrogen-bond acceptors (Lipinski definition) is 7. The van der Waals surface area contributed by atoms with E-state index >= 15 is 0 Å². The normalized spacial score (nSPS) is 10.8. The quantitative estimate of drug-likeness (QED) is 0.507. The van der Waals surface area contributed by atoms with Crippen LogP contribution in [0, 0.1) is 20.8 Å². The Bertz CT molecular complexity index is 1150. The number of benzene rings is 1. The molecule has 0 saturated heterocycles. The molecule has 152 valence electrons. The first-order valence-corrected chi connectivity index (χ1v) is 9.40. The number of nitrogens with one attached hydrogen (secondary N) is 2. The predicted octanol–water partition coefficient (Wildman–Crippen LogP) is 3.50. The molecule has 0 saturated carbocycles. The van der Waals surface area contributed by atoms with E-state index in [9.17, 15) is 4.79 Å². The standard InChI is InChI=1S/C21H21N7O2/c1-13-18(14(2)30-27-13)10-21(29)26-17-6-4-16(5-7-17)25-19-11-20(24-15(3)23-19)28-9-8-22-12-28/h4-9,11-12H,10H2,1-3H3,(H,26,29)(H,23,24,25). The maximum absolute atomic E-state index is 12.3. The highest BCUT2D eigenvalue weighted by atomic mass is 16.5. The zero-order chi connectivity index (χ0) is 21.1. The summed E-state index contributed by atoms with van der Waals surface area (Å²) in [7, 11) is 0. The smallest absolute Gasteiger partial charge is 0.228 e. The number of imidazole rings is 1. The molecule has 1 amide bonds. The van der Waals surface area contributed by atoms with Gasteiger partial charge in [-0.05, 0) is 45.0 Å². The van der Waals surface area contributed by atoms with Crippen LogP contribution in [0.3, 0.4) is 0 Å². The second-order valence-electron chi connectivity index (χ2n) is 6.86. The molecule has 4 rings (SSSR count). The Labute approximate surface area is 173 Å². The lowest BCUT2D eigenvalue weighted by Crippen LogP contribution is -2.15. The van der Waals surface area contributed by atoms with Gasteiger partial charge < -0.3 is 15.2 Å². The molecule has 0 spiro atoms. The molecule has 0 aliphatic heterocycles. The molecule has 30 heavy (non-hydrogen) atoms. The Morgan fingerprint density at radius 2 is 1.87 bits per heavy atom. The van der Waals surface area contributed by atoms with Crippen LogP contribution >= 0.6 is 0 Å². The molecule has 9 heteroatoms. The fourth-order valence-corrected chi connectivity index (χ4v) is 3.05. The van der Waals surface area contributed by atoms with Gasteiger partial charge in [-0.2, -0.15) is 0 Å². The third-order valence-corrected chi connectivity index (χ3v) is 4.55. The van der Waals surface area contributed by atoms with Gasteiger partial charge in [-0.25, -0.2) is 15.0 Å². The minimum absolute atomic E-state index is 0.124. The van der Waals surface area contributed by atoms with Crippen molar-refractivity contribution in [3.05, 3.63) is 71.9 Å². The monoisotopic (exact) mass is 403 g/mol. The van der Waals surface area contributed by atoms with Crippen LogP contribution in [-0.4, -0.2) is 30.6 Å². The first-order chi connectivity index (χ1) is 14.5. The average Bonchev–Trinajstić information content (AvgIpc) is 3.35. The van der Waals surface area contributed by atoms with Gasteiger partial charge in [0, 0.05) is 35.4 Å². The van der Waals surface area contributed by atoms with Gasteiger partial charge in [-0.15, -0.1) is 0 Å².